The van der Waals surface area contributed by atoms with Crippen molar-refractivity contribution in [3.63, 3.8) is 0 Å². The summed E-state index contributed by atoms with van der Waals surface area (Å²) in [4.78, 5) is 72.1. The minimum Gasteiger partial charge on any atom is -0.497 e. The summed E-state index contributed by atoms with van der Waals surface area (Å²) in [5.74, 6) is 5.94. The van der Waals surface area contributed by atoms with E-state index in [0.717, 1.165) is 116 Å². The molecule has 8 aromatic carbocycles. The molecular weight excluding hydrogens is 1660 g/mol. The van der Waals surface area contributed by atoms with Crippen LogP contribution in [-0.2, 0) is 43.2 Å². The molecule has 0 spiro atoms. The van der Waals surface area contributed by atoms with E-state index in [4.69, 9.17) is 64.9 Å². The van der Waals surface area contributed by atoms with Crippen molar-refractivity contribution in [1.82, 2.24) is 16.0 Å². The number of methoxy groups -OCH3 is 8. The molecule has 0 unspecified atom stereocenters. The summed E-state index contributed by atoms with van der Waals surface area (Å²) >= 11 is 0. The number of anilines is 7. The van der Waals surface area contributed by atoms with Gasteiger partial charge >= 0.3 is 0 Å². The summed E-state index contributed by atoms with van der Waals surface area (Å²) in [6, 6.07) is 50.1. The van der Waals surface area contributed by atoms with E-state index in [-0.39, 0.29) is 85.0 Å². The van der Waals surface area contributed by atoms with Crippen LogP contribution >= 0.6 is 0 Å². The number of rotatable bonds is 15. The van der Waals surface area contributed by atoms with Crippen molar-refractivity contribution in [3.8, 4) is 46.0 Å². The number of carbonyl (C=O) groups is 5. The lowest BCUT2D eigenvalue weighted by Crippen LogP contribution is -2.25. The largest absolute Gasteiger partial charge is 0.497 e. The van der Waals surface area contributed by atoms with E-state index in [9.17, 15) is 24.0 Å². The van der Waals surface area contributed by atoms with Gasteiger partial charge in [-0.05, 0) is 136 Å². The minimum atomic E-state index is -0.0715. The average molecular weight is 1770 g/mol. The Hall–Kier alpha value is -15.2. The fourth-order valence-corrected chi connectivity index (χ4v) is 18.0. The Morgan fingerprint density at radius 3 is 1.17 bits per heavy atom. The van der Waals surface area contributed by atoms with Crippen molar-refractivity contribution >= 4 is 97.9 Å². The van der Waals surface area contributed by atoms with E-state index in [1.54, 1.807) is 137 Å². The van der Waals surface area contributed by atoms with Crippen LogP contribution in [0.25, 0.3) is 0 Å². The van der Waals surface area contributed by atoms with Crippen LogP contribution in [0.15, 0.2) is 248 Å². The molecule has 5 saturated heterocycles. The third-order valence-electron chi connectivity index (χ3n) is 25.0. The Labute approximate surface area is 762 Å². The van der Waals surface area contributed by atoms with Gasteiger partial charge in [0.05, 0.1) is 140 Å². The lowest BCUT2D eigenvalue weighted by molar-refractivity contribution is -0.114. The highest BCUT2D eigenvalue weighted by atomic mass is 16.5. The van der Waals surface area contributed by atoms with E-state index >= 15 is 0 Å². The standard InChI is InChI=1S/C23H23N3O3.C21H21N3O3.C21H21N3O.C20H23N3O3.C18H21N3O3/c1-28-18-11-17(12-19(13-18)29-2)26-14-21(27)22(23(26)24)20-9-8-16(25-20)10-15-6-4-3-5-7-15;1-12-5-4-6-13-9-15(23-20(12)13)19-17(25)11-24(21(19)22)16-10-14(26-2)7-8-18(16)27-3;1-12-7-8-13(2)17(9-12)24-11-18(25)19(21(24)22)16-10-15-6-4-5-14(3)20(15)23-16;1-25-14-8-13(9-15(10-14)26-2)23-11-18(24)19(20(23)21)17-7-12-5-3-4-6-16(12)22-17;1-10-5-15(20-11(10)2)17-16(22)9-21(18(17)19)12-6-13(23-3)8-14(7-12)24-4/h3-8,11-13,24-25H,9-10,14H2,1-2H3;4-8,10,22-23H,9,11H2,1-3H3;4-9,22-23H,10-11H2,1-3H3;8-10,21-22H,3-7,11H2,1-2H3;6-8,19-20H,5,9H2,1-4H3. The Bertz CT molecular complexity index is 6280. The Kier molecular flexibility index (Phi) is 26.8. The minimum absolute atomic E-state index is 0.0128. The zero-order chi connectivity index (χ0) is 92.9. The van der Waals surface area contributed by atoms with Gasteiger partial charge in [-0.2, -0.15) is 0 Å². The van der Waals surface area contributed by atoms with Gasteiger partial charge in [0.1, 0.15) is 75.2 Å². The van der Waals surface area contributed by atoms with Crippen LogP contribution in [0.4, 0.5) is 39.8 Å². The number of nitrogens with zero attached hydrogens (tertiary/aromatic N) is 5. The number of benzene rings is 8. The molecule has 10 heterocycles. The predicted molar refractivity (Wildman–Crippen MR) is 512 cm³/mol. The second kappa shape index (κ2) is 38.8. The maximum atomic E-state index is 12.8. The van der Waals surface area contributed by atoms with E-state index in [2.05, 4.69) is 76.0 Å². The Morgan fingerprint density at radius 2 is 0.748 bits per heavy atom. The van der Waals surface area contributed by atoms with E-state index < -0.39 is 0 Å². The second-order valence-corrected chi connectivity index (χ2v) is 33.4. The van der Waals surface area contributed by atoms with Crippen molar-refractivity contribution in [1.29, 1.82) is 27.0 Å². The summed E-state index contributed by atoms with van der Waals surface area (Å²) in [5, 5.41) is 59.8. The lowest BCUT2D eigenvalue weighted by Gasteiger charge is -2.20. The van der Waals surface area contributed by atoms with Crippen molar-refractivity contribution < 1.29 is 61.9 Å². The molecule has 0 atom stereocenters. The van der Waals surface area contributed by atoms with E-state index in [1.165, 1.54) is 40.8 Å². The fourth-order valence-electron chi connectivity index (χ4n) is 18.0. The molecule has 674 valence electrons. The molecule has 10 aliphatic heterocycles. The summed E-state index contributed by atoms with van der Waals surface area (Å²) in [7, 11) is 12.6. The molecule has 11 aliphatic rings. The van der Waals surface area contributed by atoms with Crippen molar-refractivity contribution in [2.24, 2.45) is 0 Å². The number of fused-ring (bicyclic) bond motifs is 2. The molecule has 1 aliphatic carbocycles. The van der Waals surface area contributed by atoms with Crippen LogP contribution in [0.5, 0.6) is 46.0 Å². The highest BCUT2D eigenvalue weighted by molar-refractivity contribution is 6.37. The topological polar surface area (TPSA) is 355 Å². The monoisotopic (exact) mass is 1760 g/mol. The normalized spacial score (nSPS) is 20.0. The van der Waals surface area contributed by atoms with Crippen LogP contribution in [0, 0.1) is 54.7 Å². The number of amidine groups is 5. The zero-order valence-electron chi connectivity index (χ0n) is 76.2. The first-order chi connectivity index (χ1) is 63.1. The SMILES string of the molecule is COc1cc(OC)cc(N2CC(=O)C(=C3CC(C)=C(C)N3)C2=N)c1.COc1cc(OC)cc(N2CC(=O)C(=C3CC4=C(CCCC4)N3)C2=N)c1.COc1cc(OC)cc(N2CC(=O)C(=C3CC=C(Cc4ccccc4)N3)C2=N)c1.COc1ccc(OC)c(N2CC(=O)C(=C3Cc4cccc(C)c4N3)C2=N)c1.Cc1ccc(C)c(N2CC(=O)C(=C3Cc4cccc(C)c4N3)C2=N)c1. The summed E-state index contributed by atoms with van der Waals surface area (Å²) in [6.07, 6.45) is 10.8. The van der Waals surface area contributed by atoms with Gasteiger partial charge in [-0.1, -0.05) is 84.9 Å². The average Bonchev–Trinajstić information content (AvgIpc) is 1.63. The number of aryl methyl sites for hydroxylation is 4. The molecule has 8 aromatic rings. The van der Waals surface area contributed by atoms with E-state index in [1.807, 2.05) is 100 Å². The van der Waals surface area contributed by atoms with Crippen LogP contribution in [0.3, 0.4) is 0 Å². The molecule has 28 nitrogen and oxygen atoms in total. The predicted octanol–water partition coefficient (Wildman–Crippen LogP) is 16.4. The van der Waals surface area contributed by atoms with E-state index in [0.29, 0.717) is 122 Å². The number of ketones is 5. The Balaban J connectivity index is 0.000000126. The van der Waals surface area contributed by atoms with Gasteiger partial charge in [-0.3, -0.25) is 51.0 Å². The quantitative estimate of drug-likeness (QED) is 0.0426. The van der Waals surface area contributed by atoms with Gasteiger partial charge < -0.3 is 89.0 Å². The van der Waals surface area contributed by atoms with Gasteiger partial charge in [-0.15, -0.1) is 0 Å². The van der Waals surface area contributed by atoms with Gasteiger partial charge in [-0.25, -0.2) is 0 Å². The summed E-state index contributed by atoms with van der Waals surface area (Å²) in [5.41, 5.74) is 26.4. The van der Waals surface area contributed by atoms with Gasteiger partial charge in [0.2, 0.25) is 0 Å². The third-order valence-corrected chi connectivity index (χ3v) is 25.0. The number of hydrogen-bond donors (Lipinski definition) is 10. The van der Waals surface area contributed by atoms with Gasteiger partial charge in [0.25, 0.3) is 0 Å². The third kappa shape index (κ3) is 18.8. The van der Waals surface area contributed by atoms with Crippen LogP contribution in [0.2, 0.25) is 0 Å². The van der Waals surface area contributed by atoms with Gasteiger partial charge in [0.15, 0.2) is 28.9 Å². The summed E-state index contributed by atoms with van der Waals surface area (Å²) in [6.45, 7) is 12.9. The lowest BCUT2D eigenvalue weighted by atomic mass is 9.96. The smallest absolute Gasteiger partial charge is 0.188 e. The first kappa shape index (κ1) is 90.6. The van der Waals surface area contributed by atoms with Crippen LogP contribution < -0.4 is 89.0 Å². The van der Waals surface area contributed by atoms with Crippen molar-refractivity contribution in [3.05, 3.63) is 287 Å². The number of carbonyl (C=O) groups excluding carboxylic acids is 5. The second-order valence-electron chi connectivity index (χ2n) is 33.4. The molecule has 131 heavy (non-hydrogen) atoms. The maximum absolute atomic E-state index is 12.8. The molecule has 10 N–H and O–H groups in total. The molecule has 0 amide bonds. The maximum Gasteiger partial charge on any atom is 0.188 e. The first-order valence-corrected chi connectivity index (χ1v) is 43.4. The number of hydrogen-bond acceptors (Lipinski definition) is 23. The number of allylic oxidation sites excluding steroid dienone is 8. The molecule has 19 rings (SSSR count). The number of ether oxygens (including phenoxy) is 8. The molecule has 0 aromatic heterocycles. The number of Topliss-reactive ketones (excluding diaryl/α,β-unsaturated/α-hetero) is 5. The van der Waals surface area contributed by atoms with Crippen molar-refractivity contribution in [2.75, 3.05) is 125 Å². The highest BCUT2D eigenvalue weighted by Crippen LogP contribution is 2.44. The van der Waals surface area contributed by atoms with Gasteiger partial charge in [0, 0.05) is 162 Å². The molecule has 0 saturated carbocycles. The molecule has 28 heteroatoms. The Morgan fingerprint density at radius 1 is 0.336 bits per heavy atom. The van der Waals surface area contributed by atoms with Crippen LogP contribution in [0.1, 0.15) is 97.7 Å². The van der Waals surface area contributed by atoms with Crippen LogP contribution in [-0.4, -0.2) is 148 Å². The number of para-hydroxylation sites is 2. The molecular formula is C103H109N15O13. The highest BCUT2D eigenvalue weighted by Gasteiger charge is 2.43. The molecule has 5 fully saturated rings. The number of nitrogens with one attached hydrogen (secondary N) is 10. The fraction of sp³-hybridized carbons (Fsp3) is 0.282. The molecule has 0 bridgehead atoms. The molecule has 0 radical (unpaired) electrons. The zero-order valence-corrected chi connectivity index (χ0v) is 76.2. The first-order valence-electron chi connectivity index (χ1n) is 43.4. The summed E-state index contributed by atoms with van der Waals surface area (Å²) < 4.78 is 42.6. The van der Waals surface area contributed by atoms with Crippen molar-refractivity contribution in [2.45, 2.75) is 106 Å².